The van der Waals surface area contributed by atoms with E-state index >= 15 is 0 Å². The molecule has 16 heavy (non-hydrogen) atoms. The van der Waals surface area contributed by atoms with Crippen LogP contribution in [-0.2, 0) is 11.3 Å². The number of hydrogen-bond donors (Lipinski definition) is 2. The molecule has 0 bridgehead atoms. The Bertz CT molecular complexity index is 351. The van der Waals surface area contributed by atoms with Crippen molar-refractivity contribution in [3.8, 4) is 5.75 Å². The largest absolute Gasteiger partial charge is 0.508 e. The van der Waals surface area contributed by atoms with Gasteiger partial charge in [0.15, 0.2) is 0 Å². The van der Waals surface area contributed by atoms with Crippen LogP contribution in [0.5, 0.6) is 5.75 Å². The highest BCUT2D eigenvalue weighted by atomic mass is 35.5. The van der Waals surface area contributed by atoms with Crippen LogP contribution in [0.25, 0.3) is 0 Å². The first kappa shape index (κ1) is 11.7. The van der Waals surface area contributed by atoms with Gasteiger partial charge in [-0.25, -0.2) is 0 Å². The highest BCUT2D eigenvalue weighted by Crippen LogP contribution is 2.21. The van der Waals surface area contributed by atoms with Crippen molar-refractivity contribution in [1.82, 2.24) is 5.32 Å². The van der Waals surface area contributed by atoms with Crippen LogP contribution in [0.2, 0.25) is 5.02 Å². The van der Waals surface area contributed by atoms with Crippen molar-refractivity contribution in [3.63, 3.8) is 0 Å². The van der Waals surface area contributed by atoms with Gasteiger partial charge in [0.25, 0.3) is 0 Å². The number of nitrogens with one attached hydrogen (secondary N) is 1. The van der Waals surface area contributed by atoms with Crippen LogP contribution < -0.4 is 5.32 Å². The lowest BCUT2D eigenvalue weighted by molar-refractivity contribution is 0.0699. The molecule has 0 aliphatic carbocycles. The van der Waals surface area contributed by atoms with Crippen LogP contribution in [0.15, 0.2) is 18.2 Å². The number of aromatic hydroxyl groups is 1. The van der Waals surface area contributed by atoms with Crippen LogP contribution in [0, 0.1) is 0 Å². The highest BCUT2D eigenvalue weighted by Gasteiger charge is 2.13. The van der Waals surface area contributed by atoms with Gasteiger partial charge >= 0.3 is 0 Å². The maximum Gasteiger partial charge on any atom is 0.120 e. The lowest BCUT2D eigenvalue weighted by Gasteiger charge is -2.23. The monoisotopic (exact) mass is 241 g/mol. The third kappa shape index (κ3) is 3.11. The summed E-state index contributed by atoms with van der Waals surface area (Å²) in [5.41, 5.74) is 0.832. The summed E-state index contributed by atoms with van der Waals surface area (Å²) >= 11 is 5.87. The van der Waals surface area contributed by atoms with Crippen LogP contribution in [0.1, 0.15) is 18.4 Å². The van der Waals surface area contributed by atoms with Crippen LogP contribution in [0.3, 0.4) is 0 Å². The second kappa shape index (κ2) is 5.53. The maximum atomic E-state index is 9.63. The summed E-state index contributed by atoms with van der Waals surface area (Å²) in [5, 5.41) is 13.6. The summed E-state index contributed by atoms with van der Waals surface area (Å²) in [6.07, 6.45) is 2.22. The fourth-order valence-electron chi connectivity index (χ4n) is 1.85. The van der Waals surface area contributed by atoms with Gasteiger partial charge < -0.3 is 15.2 Å². The van der Waals surface area contributed by atoms with E-state index in [1.54, 1.807) is 18.2 Å². The minimum Gasteiger partial charge on any atom is -0.508 e. The molecule has 0 spiro atoms. The first-order chi connectivity index (χ1) is 7.75. The zero-order valence-electron chi connectivity index (χ0n) is 9.08. The van der Waals surface area contributed by atoms with Crippen molar-refractivity contribution in [1.29, 1.82) is 0 Å². The predicted octanol–water partition coefficient (Wildman–Crippen LogP) is 2.31. The fourth-order valence-corrected chi connectivity index (χ4v) is 2.05. The molecule has 1 saturated heterocycles. The van der Waals surface area contributed by atoms with E-state index in [9.17, 15) is 5.11 Å². The van der Waals surface area contributed by atoms with E-state index in [4.69, 9.17) is 16.3 Å². The Labute approximate surface area is 100 Å². The van der Waals surface area contributed by atoms with E-state index in [1.807, 2.05) is 0 Å². The smallest absolute Gasteiger partial charge is 0.120 e. The van der Waals surface area contributed by atoms with Gasteiger partial charge in [0, 0.05) is 29.8 Å². The summed E-state index contributed by atoms with van der Waals surface area (Å²) in [4.78, 5) is 0. The molecule has 1 aromatic rings. The van der Waals surface area contributed by atoms with E-state index in [0.29, 0.717) is 17.6 Å². The van der Waals surface area contributed by atoms with Gasteiger partial charge in [0.05, 0.1) is 6.61 Å². The van der Waals surface area contributed by atoms with Crippen LogP contribution in [0.4, 0.5) is 0 Å². The van der Waals surface area contributed by atoms with Gasteiger partial charge in [-0.15, -0.1) is 0 Å². The SMILES string of the molecule is Oc1ccc(Cl)cc1CNC1CCCOC1. The van der Waals surface area contributed by atoms with Gasteiger partial charge in [-0.2, -0.15) is 0 Å². The van der Waals surface area contributed by atoms with E-state index in [1.165, 1.54) is 0 Å². The lowest BCUT2D eigenvalue weighted by Crippen LogP contribution is -2.36. The number of hydrogen-bond acceptors (Lipinski definition) is 3. The topological polar surface area (TPSA) is 41.5 Å². The standard InChI is InChI=1S/C12H16ClNO2/c13-10-3-4-12(15)9(6-10)7-14-11-2-1-5-16-8-11/h3-4,6,11,14-15H,1-2,5,7-8H2. The number of phenols is 1. The average Bonchev–Trinajstić information content (AvgIpc) is 2.32. The van der Waals surface area contributed by atoms with Gasteiger partial charge in [0.1, 0.15) is 5.75 Å². The molecular weight excluding hydrogens is 226 g/mol. The second-order valence-electron chi connectivity index (χ2n) is 4.07. The van der Waals surface area contributed by atoms with Crippen molar-refractivity contribution in [3.05, 3.63) is 28.8 Å². The molecular formula is C12H16ClNO2. The molecule has 1 atom stereocenters. The average molecular weight is 242 g/mol. The van der Waals surface area contributed by atoms with E-state index < -0.39 is 0 Å². The summed E-state index contributed by atoms with van der Waals surface area (Å²) in [6, 6.07) is 5.47. The number of ether oxygens (including phenoxy) is 1. The summed E-state index contributed by atoms with van der Waals surface area (Å²) in [5.74, 6) is 0.286. The highest BCUT2D eigenvalue weighted by molar-refractivity contribution is 6.30. The van der Waals surface area contributed by atoms with Crippen molar-refractivity contribution < 1.29 is 9.84 Å². The summed E-state index contributed by atoms with van der Waals surface area (Å²) in [6.45, 7) is 2.24. The zero-order valence-corrected chi connectivity index (χ0v) is 9.83. The van der Waals surface area contributed by atoms with Crippen molar-refractivity contribution in [2.24, 2.45) is 0 Å². The Morgan fingerprint density at radius 2 is 2.38 bits per heavy atom. The van der Waals surface area contributed by atoms with Crippen LogP contribution >= 0.6 is 11.6 Å². The van der Waals surface area contributed by atoms with Crippen molar-refractivity contribution >= 4 is 11.6 Å². The van der Waals surface area contributed by atoms with E-state index in [2.05, 4.69) is 5.32 Å². The molecule has 2 N–H and O–H groups in total. The predicted molar refractivity (Wildman–Crippen MR) is 63.8 cm³/mol. The molecule has 4 heteroatoms. The van der Waals surface area contributed by atoms with Gasteiger partial charge in [-0.3, -0.25) is 0 Å². The number of rotatable bonds is 3. The van der Waals surface area contributed by atoms with Crippen molar-refractivity contribution in [2.75, 3.05) is 13.2 Å². The quantitative estimate of drug-likeness (QED) is 0.854. The Balaban J connectivity index is 1.90. The minimum atomic E-state index is 0.286. The third-order valence-electron chi connectivity index (χ3n) is 2.78. The Morgan fingerprint density at radius 3 is 3.12 bits per heavy atom. The maximum absolute atomic E-state index is 9.63. The molecule has 0 radical (unpaired) electrons. The molecule has 1 heterocycles. The second-order valence-corrected chi connectivity index (χ2v) is 4.50. The molecule has 1 aliphatic heterocycles. The van der Waals surface area contributed by atoms with Gasteiger partial charge in [-0.05, 0) is 31.0 Å². The molecule has 3 nitrogen and oxygen atoms in total. The Morgan fingerprint density at radius 1 is 1.50 bits per heavy atom. The zero-order chi connectivity index (χ0) is 11.4. The summed E-state index contributed by atoms with van der Waals surface area (Å²) in [7, 11) is 0. The molecule has 1 unspecified atom stereocenters. The summed E-state index contributed by atoms with van der Waals surface area (Å²) < 4.78 is 5.37. The van der Waals surface area contributed by atoms with Gasteiger partial charge in [0.2, 0.25) is 0 Å². The molecule has 1 aromatic carbocycles. The van der Waals surface area contributed by atoms with Gasteiger partial charge in [-0.1, -0.05) is 11.6 Å². The first-order valence-corrected chi connectivity index (χ1v) is 5.92. The van der Waals surface area contributed by atoms with E-state index in [0.717, 1.165) is 31.6 Å². The molecule has 88 valence electrons. The van der Waals surface area contributed by atoms with Crippen LogP contribution in [-0.4, -0.2) is 24.4 Å². The number of benzene rings is 1. The first-order valence-electron chi connectivity index (χ1n) is 5.54. The van der Waals surface area contributed by atoms with Crippen molar-refractivity contribution in [2.45, 2.75) is 25.4 Å². The third-order valence-corrected chi connectivity index (χ3v) is 3.02. The number of halogens is 1. The fraction of sp³-hybridized carbons (Fsp3) is 0.500. The molecule has 1 fully saturated rings. The minimum absolute atomic E-state index is 0.286. The Kier molecular flexibility index (Phi) is 4.04. The lowest BCUT2D eigenvalue weighted by atomic mass is 10.1. The normalized spacial score (nSPS) is 20.9. The molecule has 0 amide bonds. The molecule has 0 saturated carbocycles. The number of phenolic OH excluding ortho intramolecular Hbond substituents is 1. The molecule has 2 rings (SSSR count). The molecule has 1 aliphatic rings. The van der Waals surface area contributed by atoms with E-state index in [-0.39, 0.29) is 5.75 Å². The Hall–Kier alpha value is -0.770. The molecule has 0 aromatic heterocycles.